The topological polar surface area (TPSA) is 57.5 Å². The van der Waals surface area contributed by atoms with Crippen LogP contribution in [0, 0.1) is 5.92 Å². The number of aliphatic carboxylic acids is 1. The molecule has 1 aliphatic rings. The first-order chi connectivity index (χ1) is 8.97. The van der Waals surface area contributed by atoms with Gasteiger partial charge in [0.05, 0.1) is 22.1 Å². The standard InChI is InChI=1S/C14H16Cl2O3/c15-12-4-2-9(7-13(12)16)11(14(18)19)6-8-1-3-10(17)5-8/h2,4,7-8,10-11,17H,1,3,5-6H2,(H,18,19). The minimum atomic E-state index is -0.861. The Bertz CT molecular complexity index is 476. The molecule has 1 saturated carbocycles. The number of rotatable bonds is 4. The van der Waals surface area contributed by atoms with E-state index in [1.807, 2.05) is 0 Å². The summed E-state index contributed by atoms with van der Waals surface area (Å²) < 4.78 is 0. The second-order valence-electron chi connectivity index (χ2n) is 5.13. The Hall–Kier alpha value is -0.770. The van der Waals surface area contributed by atoms with E-state index in [1.165, 1.54) is 0 Å². The van der Waals surface area contributed by atoms with Crippen molar-refractivity contribution in [3.63, 3.8) is 0 Å². The van der Waals surface area contributed by atoms with Crippen molar-refractivity contribution < 1.29 is 15.0 Å². The van der Waals surface area contributed by atoms with Gasteiger partial charge >= 0.3 is 5.97 Å². The third kappa shape index (κ3) is 3.62. The fraction of sp³-hybridized carbons (Fsp3) is 0.500. The molecule has 1 aromatic carbocycles. The quantitative estimate of drug-likeness (QED) is 0.891. The Balaban J connectivity index is 2.15. The van der Waals surface area contributed by atoms with Crippen LogP contribution in [0.2, 0.25) is 10.0 Å². The highest BCUT2D eigenvalue weighted by Gasteiger charge is 2.29. The molecule has 2 N–H and O–H groups in total. The van der Waals surface area contributed by atoms with Crippen molar-refractivity contribution in [1.29, 1.82) is 0 Å². The highest BCUT2D eigenvalue weighted by Crippen LogP contribution is 2.36. The number of carboxylic acid groups (broad SMARTS) is 1. The third-order valence-electron chi connectivity index (χ3n) is 3.73. The lowest BCUT2D eigenvalue weighted by Crippen LogP contribution is -2.15. The molecular weight excluding hydrogens is 287 g/mol. The Morgan fingerprint density at radius 3 is 2.58 bits per heavy atom. The smallest absolute Gasteiger partial charge is 0.310 e. The molecule has 3 nitrogen and oxygen atoms in total. The second kappa shape index (κ2) is 6.12. The van der Waals surface area contributed by atoms with Crippen molar-refractivity contribution in [3.05, 3.63) is 33.8 Å². The van der Waals surface area contributed by atoms with Crippen LogP contribution in [0.1, 0.15) is 37.2 Å². The maximum absolute atomic E-state index is 11.4. The molecule has 0 saturated heterocycles. The van der Waals surface area contributed by atoms with Crippen LogP contribution in [0.3, 0.4) is 0 Å². The van der Waals surface area contributed by atoms with Gasteiger partial charge in [-0.3, -0.25) is 4.79 Å². The van der Waals surface area contributed by atoms with Gasteiger partial charge in [0.1, 0.15) is 0 Å². The zero-order valence-electron chi connectivity index (χ0n) is 10.4. The van der Waals surface area contributed by atoms with Crippen molar-refractivity contribution >= 4 is 29.2 Å². The molecule has 0 radical (unpaired) electrons. The zero-order chi connectivity index (χ0) is 14.0. The number of aliphatic hydroxyl groups is 1. The lowest BCUT2D eigenvalue weighted by atomic mass is 9.88. The van der Waals surface area contributed by atoms with Gasteiger partial charge in [0.25, 0.3) is 0 Å². The number of hydrogen-bond donors (Lipinski definition) is 2. The van der Waals surface area contributed by atoms with E-state index in [4.69, 9.17) is 23.2 Å². The van der Waals surface area contributed by atoms with E-state index in [2.05, 4.69) is 0 Å². The van der Waals surface area contributed by atoms with E-state index in [1.54, 1.807) is 18.2 Å². The fourth-order valence-electron chi connectivity index (χ4n) is 2.70. The minimum Gasteiger partial charge on any atom is -0.481 e. The third-order valence-corrected chi connectivity index (χ3v) is 4.47. The number of hydrogen-bond acceptors (Lipinski definition) is 2. The highest BCUT2D eigenvalue weighted by atomic mass is 35.5. The summed E-state index contributed by atoms with van der Waals surface area (Å²) in [6.07, 6.45) is 2.58. The average Bonchev–Trinajstić information content (AvgIpc) is 2.75. The van der Waals surface area contributed by atoms with E-state index in [-0.39, 0.29) is 12.0 Å². The molecule has 0 bridgehead atoms. The predicted octanol–water partition coefficient (Wildman–Crippen LogP) is 3.71. The zero-order valence-corrected chi connectivity index (χ0v) is 11.9. The molecule has 0 amide bonds. The van der Waals surface area contributed by atoms with Crippen LogP contribution in [0.15, 0.2) is 18.2 Å². The Kier molecular flexibility index (Phi) is 4.71. The van der Waals surface area contributed by atoms with Gasteiger partial charge < -0.3 is 10.2 Å². The van der Waals surface area contributed by atoms with E-state index in [0.717, 1.165) is 12.8 Å². The van der Waals surface area contributed by atoms with Gasteiger partial charge in [0.15, 0.2) is 0 Å². The largest absolute Gasteiger partial charge is 0.481 e. The molecule has 1 aromatic rings. The molecule has 3 unspecified atom stereocenters. The van der Waals surface area contributed by atoms with Gasteiger partial charge in [-0.2, -0.15) is 0 Å². The number of benzene rings is 1. The van der Waals surface area contributed by atoms with E-state index >= 15 is 0 Å². The number of aliphatic hydroxyl groups excluding tert-OH is 1. The van der Waals surface area contributed by atoms with Gasteiger partial charge in [0.2, 0.25) is 0 Å². The minimum absolute atomic E-state index is 0.255. The average molecular weight is 303 g/mol. The first-order valence-electron chi connectivity index (χ1n) is 6.33. The van der Waals surface area contributed by atoms with Crippen LogP contribution < -0.4 is 0 Å². The summed E-state index contributed by atoms with van der Waals surface area (Å²) in [4.78, 5) is 11.4. The van der Waals surface area contributed by atoms with Gasteiger partial charge in [0, 0.05) is 0 Å². The summed E-state index contributed by atoms with van der Waals surface area (Å²) >= 11 is 11.8. The molecule has 19 heavy (non-hydrogen) atoms. The van der Waals surface area contributed by atoms with E-state index in [9.17, 15) is 15.0 Å². The maximum atomic E-state index is 11.4. The molecular formula is C14H16Cl2O3. The monoisotopic (exact) mass is 302 g/mol. The highest BCUT2D eigenvalue weighted by molar-refractivity contribution is 6.42. The molecule has 104 valence electrons. The van der Waals surface area contributed by atoms with Gasteiger partial charge in [-0.15, -0.1) is 0 Å². The van der Waals surface area contributed by atoms with Crippen LogP contribution in [-0.2, 0) is 4.79 Å². The molecule has 0 aliphatic heterocycles. The lowest BCUT2D eigenvalue weighted by molar-refractivity contribution is -0.139. The summed E-state index contributed by atoms with van der Waals surface area (Å²) in [6.45, 7) is 0. The first kappa shape index (κ1) is 14.6. The van der Waals surface area contributed by atoms with Crippen LogP contribution in [-0.4, -0.2) is 22.3 Å². The molecule has 5 heteroatoms. The molecule has 0 heterocycles. The molecule has 2 rings (SSSR count). The fourth-order valence-corrected chi connectivity index (χ4v) is 3.01. The van der Waals surface area contributed by atoms with Crippen molar-refractivity contribution in [2.75, 3.05) is 0 Å². The number of carbonyl (C=O) groups is 1. The molecule has 0 spiro atoms. The molecule has 1 aliphatic carbocycles. The van der Waals surface area contributed by atoms with Crippen molar-refractivity contribution in [2.24, 2.45) is 5.92 Å². The van der Waals surface area contributed by atoms with E-state index < -0.39 is 11.9 Å². The second-order valence-corrected chi connectivity index (χ2v) is 5.95. The summed E-state index contributed by atoms with van der Waals surface area (Å²) in [5.74, 6) is -1.20. The van der Waals surface area contributed by atoms with E-state index in [0.29, 0.717) is 28.5 Å². The van der Waals surface area contributed by atoms with Crippen molar-refractivity contribution in [3.8, 4) is 0 Å². The Labute approximate surface area is 122 Å². The normalized spacial score (nSPS) is 24.4. The first-order valence-corrected chi connectivity index (χ1v) is 7.08. The SMILES string of the molecule is O=C(O)C(CC1CCC(O)C1)c1ccc(Cl)c(Cl)c1. The van der Waals surface area contributed by atoms with Crippen LogP contribution >= 0.6 is 23.2 Å². The predicted molar refractivity (Wildman–Crippen MR) is 74.8 cm³/mol. The Morgan fingerprint density at radius 2 is 2.05 bits per heavy atom. The van der Waals surface area contributed by atoms with Gasteiger partial charge in [-0.05, 0) is 49.3 Å². The van der Waals surface area contributed by atoms with Gasteiger partial charge in [-0.1, -0.05) is 29.3 Å². The summed E-state index contributed by atoms with van der Waals surface area (Å²) in [6, 6.07) is 4.95. The van der Waals surface area contributed by atoms with Crippen LogP contribution in [0.5, 0.6) is 0 Å². The summed E-state index contributed by atoms with van der Waals surface area (Å²) in [5, 5.41) is 19.7. The van der Waals surface area contributed by atoms with Crippen LogP contribution in [0.4, 0.5) is 0 Å². The number of halogens is 2. The summed E-state index contributed by atoms with van der Waals surface area (Å²) in [7, 11) is 0. The molecule has 0 aromatic heterocycles. The number of carboxylic acids is 1. The van der Waals surface area contributed by atoms with Gasteiger partial charge in [-0.25, -0.2) is 0 Å². The lowest BCUT2D eigenvalue weighted by Gasteiger charge is -2.17. The van der Waals surface area contributed by atoms with Crippen molar-refractivity contribution in [2.45, 2.75) is 37.7 Å². The van der Waals surface area contributed by atoms with Crippen LogP contribution in [0.25, 0.3) is 0 Å². The Morgan fingerprint density at radius 1 is 1.32 bits per heavy atom. The maximum Gasteiger partial charge on any atom is 0.310 e. The van der Waals surface area contributed by atoms with Crippen molar-refractivity contribution in [1.82, 2.24) is 0 Å². The molecule has 3 atom stereocenters. The summed E-state index contributed by atoms with van der Waals surface area (Å²) in [5.41, 5.74) is 0.670. The molecule has 1 fully saturated rings.